The Hall–Kier alpha value is 0.0869. The van der Waals surface area contributed by atoms with E-state index >= 15 is 0 Å². The van der Waals surface area contributed by atoms with Gasteiger partial charge in [-0.1, -0.05) is 32.4 Å². The second-order valence-corrected chi connectivity index (χ2v) is 13.1. The lowest BCUT2D eigenvalue weighted by Crippen LogP contribution is -2.55. The lowest BCUT2D eigenvalue weighted by atomic mass is 9.96. The smallest absolute Gasteiger partial charge is 0.192 e. The van der Waals surface area contributed by atoms with Gasteiger partial charge in [0.25, 0.3) is 0 Å². The SMILES string of the molecule is CC1(C)O[C@H]2[C@H](O[Si](C)(C)C(C)(C)C)[C@H](O)C=C(Cl)[C@H]2O1. The van der Waals surface area contributed by atoms with Crippen molar-refractivity contribution >= 4 is 19.9 Å². The summed E-state index contributed by atoms with van der Waals surface area (Å²) in [7, 11) is -2.03. The van der Waals surface area contributed by atoms with Crippen molar-refractivity contribution in [3.8, 4) is 0 Å². The summed E-state index contributed by atoms with van der Waals surface area (Å²) in [5.74, 6) is -0.720. The van der Waals surface area contributed by atoms with Crippen LogP contribution in [-0.4, -0.2) is 43.6 Å². The Morgan fingerprint density at radius 3 is 2.38 bits per heavy atom. The van der Waals surface area contributed by atoms with Crippen LogP contribution in [0.15, 0.2) is 11.1 Å². The second kappa shape index (κ2) is 5.32. The van der Waals surface area contributed by atoms with Crippen LogP contribution in [-0.2, 0) is 13.9 Å². The zero-order valence-electron chi connectivity index (χ0n) is 13.9. The van der Waals surface area contributed by atoms with Gasteiger partial charge in [-0.2, -0.15) is 0 Å². The topological polar surface area (TPSA) is 47.9 Å². The molecule has 0 spiro atoms. The summed E-state index contributed by atoms with van der Waals surface area (Å²) in [6.45, 7) is 14.5. The maximum atomic E-state index is 10.4. The summed E-state index contributed by atoms with van der Waals surface area (Å²) in [6, 6.07) is 0. The number of rotatable bonds is 2. The van der Waals surface area contributed by atoms with Gasteiger partial charge < -0.3 is 19.0 Å². The number of ether oxygens (including phenoxy) is 2. The summed E-state index contributed by atoms with van der Waals surface area (Å²) in [5, 5.41) is 10.9. The van der Waals surface area contributed by atoms with Gasteiger partial charge in [-0.3, -0.25) is 0 Å². The van der Waals surface area contributed by atoms with Gasteiger partial charge in [0.15, 0.2) is 14.1 Å². The summed E-state index contributed by atoms with van der Waals surface area (Å²) < 4.78 is 18.2. The molecule has 1 aliphatic carbocycles. The predicted molar refractivity (Wildman–Crippen MR) is 85.8 cm³/mol. The fraction of sp³-hybridized carbons (Fsp3) is 0.867. The van der Waals surface area contributed by atoms with Crippen molar-refractivity contribution in [3.63, 3.8) is 0 Å². The summed E-state index contributed by atoms with van der Waals surface area (Å²) in [6.07, 6.45) is -0.335. The highest BCUT2D eigenvalue weighted by Gasteiger charge is 2.53. The molecule has 0 aromatic rings. The summed E-state index contributed by atoms with van der Waals surface area (Å²) in [4.78, 5) is 0. The maximum absolute atomic E-state index is 10.4. The molecule has 0 aromatic heterocycles. The number of fused-ring (bicyclic) bond motifs is 1. The lowest BCUT2D eigenvalue weighted by molar-refractivity contribution is -0.156. The van der Waals surface area contributed by atoms with E-state index < -0.39 is 26.3 Å². The molecule has 6 heteroatoms. The van der Waals surface area contributed by atoms with Gasteiger partial charge in [0.2, 0.25) is 0 Å². The molecule has 2 aliphatic rings. The quantitative estimate of drug-likeness (QED) is 0.786. The van der Waals surface area contributed by atoms with Crippen molar-refractivity contribution in [2.24, 2.45) is 0 Å². The second-order valence-electron chi connectivity index (χ2n) is 7.91. The molecule has 1 aliphatic heterocycles. The fourth-order valence-electron chi connectivity index (χ4n) is 2.44. The van der Waals surface area contributed by atoms with Crippen molar-refractivity contribution in [1.82, 2.24) is 0 Å². The van der Waals surface area contributed by atoms with Crippen LogP contribution in [0.25, 0.3) is 0 Å². The average Bonchev–Trinajstić information content (AvgIpc) is 2.59. The van der Waals surface area contributed by atoms with Crippen molar-refractivity contribution in [1.29, 1.82) is 0 Å². The number of hydrogen-bond acceptors (Lipinski definition) is 4. The van der Waals surface area contributed by atoms with E-state index in [4.69, 9.17) is 25.5 Å². The van der Waals surface area contributed by atoms with E-state index in [0.29, 0.717) is 5.03 Å². The molecule has 4 atom stereocenters. The molecular weight excluding hydrogens is 308 g/mol. The highest BCUT2D eigenvalue weighted by Crippen LogP contribution is 2.43. The minimum atomic E-state index is -2.03. The predicted octanol–water partition coefficient (Wildman–Crippen LogP) is 3.39. The molecule has 122 valence electrons. The number of hydrogen-bond donors (Lipinski definition) is 1. The molecule has 1 fully saturated rings. The van der Waals surface area contributed by atoms with E-state index in [9.17, 15) is 5.11 Å². The highest BCUT2D eigenvalue weighted by molar-refractivity contribution is 6.74. The van der Waals surface area contributed by atoms with Crippen molar-refractivity contribution in [2.75, 3.05) is 0 Å². The molecule has 0 aromatic carbocycles. The molecule has 1 saturated heterocycles. The minimum Gasteiger partial charge on any atom is -0.408 e. The minimum absolute atomic E-state index is 0.0577. The first-order valence-corrected chi connectivity index (χ1v) is 10.7. The normalized spacial score (nSPS) is 36.3. The molecule has 0 radical (unpaired) electrons. The summed E-state index contributed by atoms with van der Waals surface area (Å²) in [5.41, 5.74) is 0. The first kappa shape index (κ1) is 17.4. The van der Waals surface area contributed by atoms with E-state index in [1.807, 2.05) is 13.8 Å². The zero-order chi connectivity index (χ0) is 16.2. The van der Waals surface area contributed by atoms with E-state index in [1.54, 1.807) is 6.08 Å². The van der Waals surface area contributed by atoms with Gasteiger partial charge >= 0.3 is 0 Å². The molecule has 4 nitrogen and oxygen atoms in total. The first-order valence-electron chi connectivity index (χ1n) is 7.43. The standard InChI is InChI=1S/C15H27ClO4Si/c1-14(2,3)21(6,7)20-12-10(17)8-9(16)11-13(12)19-15(4,5)18-11/h8,10-13,17H,1-7H3/t10-,11-,12-,13-/m1/s1. The zero-order valence-corrected chi connectivity index (χ0v) is 15.7. The van der Waals surface area contributed by atoms with Crippen molar-refractivity contribution in [3.05, 3.63) is 11.1 Å². The number of halogens is 1. The largest absolute Gasteiger partial charge is 0.408 e. The van der Waals surface area contributed by atoms with Crippen molar-refractivity contribution in [2.45, 2.75) is 83.0 Å². The average molecular weight is 335 g/mol. The monoisotopic (exact) mass is 334 g/mol. The molecule has 0 saturated carbocycles. The van der Waals surface area contributed by atoms with Gasteiger partial charge in [-0.25, -0.2) is 0 Å². The lowest BCUT2D eigenvalue weighted by Gasteiger charge is -2.43. The van der Waals surface area contributed by atoms with Gasteiger partial charge in [-0.05, 0) is 38.1 Å². The molecule has 1 heterocycles. The summed E-state index contributed by atoms with van der Waals surface area (Å²) >= 11 is 6.22. The Morgan fingerprint density at radius 1 is 1.29 bits per heavy atom. The molecule has 0 bridgehead atoms. The molecule has 2 rings (SSSR count). The van der Waals surface area contributed by atoms with Crippen LogP contribution in [0, 0.1) is 0 Å². The van der Waals surface area contributed by atoms with Crippen LogP contribution in [0.5, 0.6) is 0 Å². The molecule has 0 amide bonds. The third-order valence-electron chi connectivity index (χ3n) is 4.63. The Kier molecular flexibility index (Phi) is 4.42. The highest BCUT2D eigenvalue weighted by atomic mass is 35.5. The van der Waals surface area contributed by atoms with Gasteiger partial charge in [0.05, 0.1) is 0 Å². The van der Waals surface area contributed by atoms with Gasteiger partial charge in [-0.15, -0.1) is 0 Å². The van der Waals surface area contributed by atoms with E-state index in [1.165, 1.54) is 0 Å². The molecule has 21 heavy (non-hydrogen) atoms. The third-order valence-corrected chi connectivity index (χ3v) is 9.44. The Bertz CT molecular complexity index is 441. The maximum Gasteiger partial charge on any atom is 0.192 e. The Balaban J connectivity index is 2.27. The van der Waals surface area contributed by atoms with Crippen LogP contribution in [0.2, 0.25) is 18.1 Å². The Morgan fingerprint density at radius 2 is 1.86 bits per heavy atom. The van der Waals surface area contributed by atoms with Gasteiger partial charge in [0.1, 0.15) is 24.4 Å². The van der Waals surface area contributed by atoms with Crippen LogP contribution in [0.4, 0.5) is 0 Å². The van der Waals surface area contributed by atoms with Crippen LogP contribution >= 0.6 is 11.6 Å². The number of aliphatic hydroxyl groups is 1. The first-order chi connectivity index (χ1) is 9.34. The Labute approximate surface area is 133 Å². The van der Waals surface area contributed by atoms with Crippen LogP contribution in [0.3, 0.4) is 0 Å². The molecule has 1 N–H and O–H groups in total. The third kappa shape index (κ3) is 3.38. The van der Waals surface area contributed by atoms with E-state index in [-0.39, 0.29) is 17.2 Å². The number of aliphatic hydroxyl groups excluding tert-OH is 1. The van der Waals surface area contributed by atoms with E-state index in [2.05, 4.69) is 33.9 Å². The van der Waals surface area contributed by atoms with Crippen LogP contribution in [0.1, 0.15) is 34.6 Å². The van der Waals surface area contributed by atoms with Gasteiger partial charge in [0, 0.05) is 5.03 Å². The fourth-order valence-corrected chi connectivity index (χ4v) is 4.05. The molecule has 0 unspecified atom stereocenters. The van der Waals surface area contributed by atoms with E-state index in [0.717, 1.165) is 0 Å². The van der Waals surface area contributed by atoms with Crippen LogP contribution < -0.4 is 0 Å². The molecular formula is C15H27ClO4Si. The van der Waals surface area contributed by atoms with Crippen molar-refractivity contribution < 1.29 is 19.0 Å².